The standard InChI is InChI=1S/C11H12N2O2/c1-2-7-12-10(14)11-13-8-5-3-4-6-9(8)15-11/h3-6H,2,7H2,1H3,(H,12,14). The Balaban J connectivity index is 2.25. The third-order valence-electron chi connectivity index (χ3n) is 2.02. The van der Waals surface area contributed by atoms with Gasteiger partial charge < -0.3 is 9.73 Å². The van der Waals surface area contributed by atoms with Crippen LogP contribution in [-0.2, 0) is 0 Å². The largest absolute Gasteiger partial charge is 0.432 e. The maximum absolute atomic E-state index is 11.5. The second-order valence-corrected chi connectivity index (χ2v) is 3.24. The van der Waals surface area contributed by atoms with Gasteiger partial charge in [-0.1, -0.05) is 19.1 Å². The fourth-order valence-electron chi connectivity index (χ4n) is 1.28. The molecule has 4 heteroatoms. The van der Waals surface area contributed by atoms with Gasteiger partial charge in [0.2, 0.25) is 0 Å². The molecule has 1 N–H and O–H groups in total. The Morgan fingerprint density at radius 3 is 3.00 bits per heavy atom. The number of oxazole rings is 1. The van der Waals surface area contributed by atoms with Gasteiger partial charge >= 0.3 is 5.91 Å². The Morgan fingerprint density at radius 2 is 2.27 bits per heavy atom. The molecule has 0 spiro atoms. The summed E-state index contributed by atoms with van der Waals surface area (Å²) in [4.78, 5) is 15.6. The van der Waals surface area contributed by atoms with E-state index in [-0.39, 0.29) is 11.8 Å². The van der Waals surface area contributed by atoms with Crippen molar-refractivity contribution in [1.29, 1.82) is 0 Å². The van der Waals surface area contributed by atoms with E-state index in [1.54, 1.807) is 6.07 Å². The monoisotopic (exact) mass is 204 g/mol. The van der Waals surface area contributed by atoms with Crippen LogP contribution in [0.2, 0.25) is 0 Å². The van der Waals surface area contributed by atoms with Gasteiger partial charge in [-0.15, -0.1) is 0 Å². The normalized spacial score (nSPS) is 10.5. The second kappa shape index (κ2) is 4.13. The van der Waals surface area contributed by atoms with Crippen LogP contribution in [0.15, 0.2) is 28.7 Å². The molecule has 0 fully saturated rings. The summed E-state index contributed by atoms with van der Waals surface area (Å²) < 4.78 is 5.30. The SMILES string of the molecule is CCCNC(=O)c1nc2ccccc2o1. The van der Waals surface area contributed by atoms with Crippen molar-refractivity contribution in [3.05, 3.63) is 30.2 Å². The molecule has 1 heterocycles. The zero-order valence-corrected chi connectivity index (χ0v) is 8.49. The highest BCUT2D eigenvalue weighted by Gasteiger charge is 2.12. The molecular formula is C11H12N2O2. The van der Waals surface area contributed by atoms with E-state index in [1.165, 1.54) is 0 Å². The van der Waals surface area contributed by atoms with Crippen molar-refractivity contribution < 1.29 is 9.21 Å². The Kier molecular flexibility index (Phi) is 2.67. The number of aromatic nitrogens is 1. The smallest absolute Gasteiger partial charge is 0.307 e. The first-order chi connectivity index (χ1) is 7.31. The summed E-state index contributed by atoms with van der Waals surface area (Å²) in [7, 11) is 0. The van der Waals surface area contributed by atoms with Crippen LogP contribution in [0.4, 0.5) is 0 Å². The van der Waals surface area contributed by atoms with E-state index >= 15 is 0 Å². The van der Waals surface area contributed by atoms with Gasteiger partial charge in [-0.2, -0.15) is 0 Å². The van der Waals surface area contributed by atoms with Gasteiger partial charge in [-0.05, 0) is 18.6 Å². The maximum atomic E-state index is 11.5. The van der Waals surface area contributed by atoms with Gasteiger partial charge in [0.1, 0.15) is 5.52 Å². The molecule has 15 heavy (non-hydrogen) atoms. The average molecular weight is 204 g/mol. The van der Waals surface area contributed by atoms with Crippen LogP contribution < -0.4 is 5.32 Å². The van der Waals surface area contributed by atoms with E-state index in [0.29, 0.717) is 17.6 Å². The number of hydrogen-bond donors (Lipinski definition) is 1. The minimum Gasteiger partial charge on any atom is -0.432 e. The zero-order chi connectivity index (χ0) is 10.7. The quantitative estimate of drug-likeness (QED) is 0.831. The summed E-state index contributed by atoms with van der Waals surface area (Å²) in [5.41, 5.74) is 1.35. The molecule has 0 unspecified atom stereocenters. The molecule has 4 nitrogen and oxygen atoms in total. The van der Waals surface area contributed by atoms with Gasteiger partial charge in [-0.25, -0.2) is 4.98 Å². The number of carbonyl (C=O) groups is 1. The summed E-state index contributed by atoms with van der Waals surface area (Å²) in [5, 5.41) is 2.71. The Bertz CT molecular complexity index is 443. The lowest BCUT2D eigenvalue weighted by Crippen LogP contribution is -2.24. The maximum Gasteiger partial charge on any atom is 0.307 e. The van der Waals surface area contributed by atoms with E-state index in [9.17, 15) is 4.79 Å². The molecule has 0 aliphatic heterocycles. The van der Waals surface area contributed by atoms with Crippen LogP contribution in [-0.4, -0.2) is 17.4 Å². The number of nitrogens with zero attached hydrogens (tertiary/aromatic N) is 1. The molecule has 1 aromatic heterocycles. The summed E-state index contributed by atoms with van der Waals surface area (Å²) in [5.74, 6) is -0.127. The summed E-state index contributed by atoms with van der Waals surface area (Å²) >= 11 is 0. The van der Waals surface area contributed by atoms with Gasteiger partial charge in [0, 0.05) is 6.54 Å². The summed E-state index contributed by atoms with van der Waals surface area (Å²) in [6, 6.07) is 7.31. The summed E-state index contributed by atoms with van der Waals surface area (Å²) in [6.07, 6.45) is 0.895. The third-order valence-corrected chi connectivity index (χ3v) is 2.02. The molecule has 0 saturated heterocycles. The molecule has 2 aromatic rings. The minimum atomic E-state index is -0.256. The second-order valence-electron chi connectivity index (χ2n) is 3.24. The van der Waals surface area contributed by atoms with Crippen LogP contribution in [0.5, 0.6) is 0 Å². The van der Waals surface area contributed by atoms with E-state index in [0.717, 1.165) is 6.42 Å². The number of carbonyl (C=O) groups excluding carboxylic acids is 1. The molecule has 1 aromatic carbocycles. The first kappa shape index (κ1) is 9.71. The molecule has 1 amide bonds. The van der Waals surface area contributed by atoms with E-state index in [4.69, 9.17) is 4.42 Å². The molecule has 0 bridgehead atoms. The number of fused-ring (bicyclic) bond motifs is 1. The predicted molar refractivity (Wildman–Crippen MR) is 56.6 cm³/mol. The molecule has 2 rings (SSSR count). The molecule has 0 aliphatic carbocycles. The van der Waals surface area contributed by atoms with E-state index in [2.05, 4.69) is 10.3 Å². The van der Waals surface area contributed by atoms with Gasteiger partial charge in [0.15, 0.2) is 5.58 Å². The van der Waals surface area contributed by atoms with Crippen molar-refractivity contribution >= 4 is 17.0 Å². The lowest BCUT2D eigenvalue weighted by molar-refractivity contribution is 0.0921. The van der Waals surface area contributed by atoms with Crippen LogP contribution in [0, 0.1) is 0 Å². The number of nitrogens with one attached hydrogen (secondary N) is 1. The van der Waals surface area contributed by atoms with Crippen LogP contribution in [0.25, 0.3) is 11.1 Å². The van der Waals surface area contributed by atoms with Crippen LogP contribution in [0.1, 0.15) is 24.0 Å². The Hall–Kier alpha value is -1.84. The average Bonchev–Trinajstić information content (AvgIpc) is 2.69. The van der Waals surface area contributed by atoms with Gasteiger partial charge in [0.05, 0.1) is 0 Å². The fraction of sp³-hybridized carbons (Fsp3) is 0.273. The predicted octanol–water partition coefficient (Wildman–Crippen LogP) is 1.97. The molecule has 0 atom stereocenters. The molecule has 0 saturated carbocycles. The molecule has 0 aliphatic rings. The minimum absolute atomic E-state index is 0.129. The van der Waals surface area contributed by atoms with Crippen LogP contribution >= 0.6 is 0 Å². The van der Waals surface area contributed by atoms with Crippen molar-refractivity contribution in [3.8, 4) is 0 Å². The first-order valence-electron chi connectivity index (χ1n) is 4.95. The number of rotatable bonds is 3. The molecule has 0 radical (unpaired) electrons. The highest BCUT2D eigenvalue weighted by Crippen LogP contribution is 2.14. The summed E-state index contributed by atoms with van der Waals surface area (Å²) in [6.45, 7) is 2.63. The number of hydrogen-bond acceptors (Lipinski definition) is 3. The fourth-order valence-corrected chi connectivity index (χ4v) is 1.28. The highest BCUT2D eigenvalue weighted by atomic mass is 16.4. The van der Waals surface area contributed by atoms with Crippen molar-refractivity contribution in [2.45, 2.75) is 13.3 Å². The van der Waals surface area contributed by atoms with Gasteiger partial charge in [0.25, 0.3) is 5.89 Å². The third kappa shape index (κ3) is 1.98. The van der Waals surface area contributed by atoms with E-state index in [1.807, 2.05) is 25.1 Å². The lowest BCUT2D eigenvalue weighted by Gasteiger charge is -1.97. The molecular weight excluding hydrogens is 192 g/mol. The Morgan fingerprint density at radius 1 is 1.47 bits per heavy atom. The van der Waals surface area contributed by atoms with Crippen molar-refractivity contribution in [2.75, 3.05) is 6.54 Å². The van der Waals surface area contributed by atoms with E-state index < -0.39 is 0 Å². The van der Waals surface area contributed by atoms with Crippen LogP contribution in [0.3, 0.4) is 0 Å². The first-order valence-corrected chi connectivity index (χ1v) is 4.95. The molecule has 78 valence electrons. The van der Waals surface area contributed by atoms with Crippen molar-refractivity contribution in [1.82, 2.24) is 10.3 Å². The number of para-hydroxylation sites is 2. The van der Waals surface area contributed by atoms with Crippen molar-refractivity contribution in [2.24, 2.45) is 0 Å². The van der Waals surface area contributed by atoms with Gasteiger partial charge in [-0.3, -0.25) is 4.79 Å². The van der Waals surface area contributed by atoms with Crippen molar-refractivity contribution in [3.63, 3.8) is 0 Å². The zero-order valence-electron chi connectivity index (χ0n) is 8.49. The topological polar surface area (TPSA) is 55.1 Å². The lowest BCUT2D eigenvalue weighted by atomic mass is 10.3. The number of benzene rings is 1. The Labute approximate surface area is 87.3 Å². The highest BCUT2D eigenvalue weighted by molar-refractivity contribution is 5.92. The number of amides is 1.